The molecule has 10 heteroatoms. The number of hydrogen-bond acceptors (Lipinski definition) is 8. The Morgan fingerprint density at radius 2 is 1.08 bits per heavy atom. The summed E-state index contributed by atoms with van der Waals surface area (Å²) in [7, 11) is 0. The molecule has 5 aromatic rings. The zero-order valence-corrected chi connectivity index (χ0v) is 37.2. The first-order chi connectivity index (χ1) is 32.1. The summed E-state index contributed by atoms with van der Waals surface area (Å²) in [6.45, 7) is 1.69. The molecule has 5 aromatic carbocycles. The van der Waals surface area contributed by atoms with Crippen molar-refractivity contribution in [1.29, 1.82) is 0 Å². The molecule has 3 aliphatic rings. The zero-order chi connectivity index (χ0) is 46.0. The number of esters is 1. The van der Waals surface area contributed by atoms with Gasteiger partial charge in [0.15, 0.2) is 5.78 Å². The summed E-state index contributed by atoms with van der Waals surface area (Å²) in [5.41, 5.74) is 6.51. The van der Waals surface area contributed by atoms with Crippen LogP contribution >= 0.6 is 0 Å². The Kier molecular flexibility index (Phi) is 14.6. The van der Waals surface area contributed by atoms with Gasteiger partial charge in [-0.05, 0) is 135 Å². The Morgan fingerprint density at radius 3 is 1.61 bits per heavy atom. The fraction of sp³-hybridized carbons (Fsp3) is 0.286. The molecule has 3 atom stereocenters. The number of ketones is 3. The Morgan fingerprint density at radius 1 is 0.576 bits per heavy atom. The fourth-order valence-corrected chi connectivity index (χ4v) is 9.11. The van der Waals surface area contributed by atoms with E-state index in [1.165, 1.54) is 52.1 Å². The molecule has 2 amide bonds. The van der Waals surface area contributed by atoms with Crippen LogP contribution in [0.15, 0.2) is 151 Å². The third kappa shape index (κ3) is 11.0. The summed E-state index contributed by atoms with van der Waals surface area (Å²) in [6, 6.07) is 36.0. The van der Waals surface area contributed by atoms with Crippen molar-refractivity contribution in [3.63, 3.8) is 0 Å². The van der Waals surface area contributed by atoms with Crippen LogP contribution in [0.4, 0.5) is 0 Å². The van der Waals surface area contributed by atoms with Gasteiger partial charge in [-0.1, -0.05) is 103 Å². The van der Waals surface area contributed by atoms with Crippen molar-refractivity contribution in [2.45, 2.75) is 102 Å². The van der Waals surface area contributed by atoms with E-state index in [2.05, 4.69) is 30.4 Å². The zero-order valence-electron chi connectivity index (χ0n) is 37.2. The van der Waals surface area contributed by atoms with Crippen LogP contribution in [-0.2, 0) is 56.3 Å². The van der Waals surface area contributed by atoms with Gasteiger partial charge in [0.1, 0.15) is 23.6 Å². The molecule has 0 saturated carbocycles. The minimum absolute atomic E-state index is 0.0915. The fourth-order valence-electron chi connectivity index (χ4n) is 9.11. The molecular formula is C56H54N2O8. The van der Waals surface area contributed by atoms with Gasteiger partial charge < -0.3 is 19.3 Å². The van der Waals surface area contributed by atoms with Gasteiger partial charge in [0.2, 0.25) is 11.6 Å². The second-order valence-corrected chi connectivity index (χ2v) is 17.4. The molecule has 10 nitrogen and oxygen atoms in total. The highest BCUT2D eigenvalue weighted by Crippen LogP contribution is 2.29. The summed E-state index contributed by atoms with van der Waals surface area (Å²) < 4.78 is 12.3. The number of nitrogens with zero attached hydrogens (tertiary/aromatic N) is 2. The van der Waals surface area contributed by atoms with Gasteiger partial charge in [-0.3, -0.25) is 24.0 Å². The van der Waals surface area contributed by atoms with Crippen molar-refractivity contribution in [1.82, 2.24) is 9.80 Å². The molecule has 0 spiro atoms. The number of ether oxygens (including phenoxy) is 2. The summed E-state index contributed by atoms with van der Waals surface area (Å²) in [5.74, 6) is -2.99. The Labute approximate surface area is 385 Å². The third-order valence-corrected chi connectivity index (χ3v) is 12.8. The van der Waals surface area contributed by atoms with E-state index in [9.17, 15) is 28.8 Å². The maximum atomic E-state index is 14.2. The standard InChI is InChI=1S/C56H54N2O8/c1-38(59)50-34-43-20-8-10-22-45(43)36-57(50)54(62)52(60)41-26-30-48(31-27-41)65-49-32-28-42(29-33-49)53(61)55(63)58-37-46-23-11-9-21-44(46)35-51(58)56(64)66-47(24-12-18-39-14-4-2-5-15-39)25-13-19-40-16-6-3-7-17-40/h2,4-6,8-11,14-17,20-23,26-33,47,50-51H,3,7,12-13,18-19,24-25,34-37H2,1H3/t47?,50?,51-/m0/s1. The molecule has 2 heterocycles. The molecule has 2 aliphatic heterocycles. The maximum Gasteiger partial charge on any atom is 0.329 e. The molecule has 8 rings (SSSR count). The highest BCUT2D eigenvalue weighted by molar-refractivity contribution is 6.43. The number of fused-ring (bicyclic) bond motifs is 2. The van der Waals surface area contributed by atoms with Crippen LogP contribution in [0.25, 0.3) is 0 Å². The molecule has 0 aromatic heterocycles. The van der Waals surface area contributed by atoms with E-state index in [4.69, 9.17) is 9.47 Å². The number of carbonyl (C=O) groups excluding carboxylic acids is 6. The number of carbonyl (C=O) groups is 6. The Balaban J connectivity index is 0.911. The van der Waals surface area contributed by atoms with E-state index in [0.717, 1.165) is 60.8 Å². The second kappa shape index (κ2) is 21.2. The van der Waals surface area contributed by atoms with Crippen molar-refractivity contribution in [3.05, 3.63) is 190 Å². The van der Waals surface area contributed by atoms with Crippen LogP contribution in [-0.4, -0.2) is 63.1 Å². The predicted octanol–water partition coefficient (Wildman–Crippen LogP) is 9.72. The highest BCUT2D eigenvalue weighted by Gasteiger charge is 2.40. The summed E-state index contributed by atoms with van der Waals surface area (Å²) in [6.07, 6.45) is 13.8. The molecule has 2 unspecified atom stereocenters. The molecule has 0 fully saturated rings. The minimum atomic E-state index is -0.975. The molecule has 1 aliphatic carbocycles. The molecule has 66 heavy (non-hydrogen) atoms. The van der Waals surface area contributed by atoms with Gasteiger partial charge in [0.05, 0.1) is 6.04 Å². The van der Waals surface area contributed by atoms with E-state index in [1.54, 1.807) is 24.3 Å². The van der Waals surface area contributed by atoms with Crippen molar-refractivity contribution in [3.8, 4) is 11.5 Å². The number of amides is 2. The number of rotatable bonds is 17. The highest BCUT2D eigenvalue weighted by atomic mass is 16.5. The average molecular weight is 883 g/mol. The first-order valence-electron chi connectivity index (χ1n) is 22.9. The van der Waals surface area contributed by atoms with Gasteiger partial charge >= 0.3 is 5.97 Å². The Bertz CT molecular complexity index is 2650. The molecule has 0 saturated heterocycles. The minimum Gasteiger partial charge on any atom is -0.461 e. The maximum absolute atomic E-state index is 14.2. The van der Waals surface area contributed by atoms with E-state index in [1.807, 2.05) is 66.7 Å². The number of allylic oxidation sites excluding steroid dienone is 4. The number of benzene rings is 5. The van der Waals surface area contributed by atoms with Crippen LogP contribution < -0.4 is 4.74 Å². The summed E-state index contributed by atoms with van der Waals surface area (Å²) in [4.78, 5) is 84.3. The smallest absolute Gasteiger partial charge is 0.329 e. The molecule has 0 N–H and O–H groups in total. The number of aryl methyl sites for hydroxylation is 1. The lowest BCUT2D eigenvalue weighted by Gasteiger charge is -2.36. The average Bonchev–Trinajstić information content (AvgIpc) is 3.35. The van der Waals surface area contributed by atoms with Gasteiger partial charge in [-0.25, -0.2) is 4.79 Å². The monoisotopic (exact) mass is 882 g/mol. The van der Waals surface area contributed by atoms with Crippen LogP contribution in [0.2, 0.25) is 0 Å². The third-order valence-electron chi connectivity index (χ3n) is 12.8. The van der Waals surface area contributed by atoms with E-state index in [0.29, 0.717) is 30.8 Å². The van der Waals surface area contributed by atoms with E-state index in [-0.39, 0.29) is 42.5 Å². The molecule has 0 radical (unpaired) electrons. The molecule has 336 valence electrons. The van der Waals surface area contributed by atoms with Crippen molar-refractivity contribution < 1.29 is 38.2 Å². The van der Waals surface area contributed by atoms with Crippen molar-refractivity contribution in [2.75, 3.05) is 0 Å². The lowest BCUT2D eigenvalue weighted by atomic mass is 9.91. The molecular weight excluding hydrogens is 829 g/mol. The quantitative estimate of drug-likeness (QED) is 0.0514. The van der Waals surface area contributed by atoms with Crippen LogP contribution in [0.1, 0.15) is 100 Å². The first-order valence-corrected chi connectivity index (χ1v) is 22.9. The molecule has 0 bridgehead atoms. The SMILES string of the molecule is CC(=O)C1Cc2ccccc2CN1C(=O)C(=O)c1ccc(Oc2ccc(C(=O)C(=O)N3Cc4ccccc4C[C@H]3C(=O)OC(CCCC3=CCCC=C3)CCCc3ccccc3)cc2)cc1. The van der Waals surface area contributed by atoms with Crippen LogP contribution in [0, 0.1) is 0 Å². The topological polar surface area (TPSA) is 127 Å². The van der Waals surface area contributed by atoms with Crippen molar-refractivity contribution >= 4 is 35.1 Å². The lowest BCUT2D eigenvalue weighted by Crippen LogP contribution is -2.52. The summed E-state index contributed by atoms with van der Waals surface area (Å²) >= 11 is 0. The normalized spacial score (nSPS) is 16.8. The largest absolute Gasteiger partial charge is 0.461 e. The van der Waals surface area contributed by atoms with Gasteiger partial charge in [0, 0.05) is 37.1 Å². The van der Waals surface area contributed by atoms with E-state index < -0.39 is 41.4 Å². The van der Waals surface area contributed by atoms with Crippen LogP contribution in [0.5, 0.6) is 11.5 Å². The lowest BCUT2D eigenvalue weighted by molar-refractivity contribution is -0.160. The first kappa shape index (κ1) is 45.4. The second-order valence-electron chi connectivity index (χ2n) is 17.4. The number of hydrogen-bond donors (Lipinski definition) is 0. The number of Topliss-reactive ketones (excluding diaryl/α,β-unsaturated/α-hetero) is 3. The van der Waals surface area contributed by atoms with E-state index >= 15 is 0 Å². The Hall–Kier alpha value is -7.20. The van der Waals surface area contributed by atoms with Gasteiger partial charge in [-0.15, -0.1) is 0 Å². The predicted molar refractivity (Wildman–Crippen MR) is 251 cm³/mol. The van der Waals surface area contributed by atoms with Crippen LogP contribution in [0.3, 0.4) is 0 Å². The van der Waals surface area contributed by atoms with Crippen molar-refractivity contribution in [2.24, 2.45) is 0 Å². The van der Waals surface area contributed by atoms with Gasteiger partial charge in [0.25, 0.3) is 11.8 Å². The summed E-state index contributed by atoms with van der Waals surface area (Å²) in [5, 5.41) is 0. The van der Waals surface area contributed by atoms with Gasteiger partial charge in [-0.2, -0.15) is 0 Å².